The highest BCUT2D eigenvalue weighted by Gasteiger charge is 2.72. The summed E-state index contributed by atoms with van der Waals surface area (Å²) >= 11 is 0. The summed E-state index contributed by atoms with van der Waals surface area (Å²) in [5, 5.41) is 86.0. The normalized spacial score (nSPS) is 52.8. The molecular weight excluding hydrogens is 768 g/mol. The van der Waals surface area contributed by atoms with Crippen LogP contribution in [0.1, 0.15) is 114 Å². The molecule has 0 bridgehead atoms. The predicted molar refractivity (Wildman–Crippen MR) is 209 cm³/mol. The molecule has 5 aliphatic carbocycles. The summed E-state index contributed by atoms with van der Waals surface area (Å²) in [5.41, 5.74) is -1.54. The maximum Gasteiger partial charge on any atom is 0.335 e. The van der Waals surface area contributed by atoms with Crippen LogP contribution in [0.3, 0.4) is 0 Å². The standard InChI is InChI=1S/C44H70O15/c1-20-29(47)30(48)33(51)37(56-20)55-19-44-23(16-39(3,4)18-28(44)57-21(2)45)22-10-11-25-41(7)14-13-27(58-38-34(52)31(49)32(50)35(59-38)36(53)54)40(5,6)24(41)12-15-42(25,8)43(22,9)17-26(44)46/h10,20,23-35,37-38,46-52H,11-19H2,1-9H3,(H,53,54)/t20-,23-,24-,25+,26-,27-,28-,29-,30+,31-,32-,33+,34+,35-,37+,38+,41-,42+,43+,44-/m0/s1. The Labute approximate surface area is 347 Å². The van der Waals surface area contributed by atoms with Crippen molar-refractivity contribution >= 4 is 11.9 Å². The fraction of sp³-hybridized carbons (Fsp3) is 0.909. The van der Waals surface area contributed by atoms with Crippen LogP contribution in [0, 0.1) is 50.2 Å². The summed E-state index contributed by atoms with van der Waals surface area (Å²) < 4.78 is 30.3. The summed E-state index contributed by atoms with van der Waals surface area (Å²) in [4.78, 5) is 24.6. The van der Waals surface area contributed by atoms with Crippen molar-refractivity contribution in [3.63, 3.8) is 0 Å². The minimum atomic E-state index is -1.80. The van der Waals surface area contributed by atoms with Crippen LogP contribution < -0.4 is 0 Å². The van der Waals surface area contributed by atoms with Gasteiger partial charge in [0.15, 0.2) is 18.7 Å². The van der Waals surface area contributed by atoms with Crippen molar-refractivity contribution in [2.45, 2.75) is 193 Å². The van der Waals surface area contributed by atoms with Gasteiger partial charge in [0.05, 0.1) is 30.3 Å². The predicted octanol–water partition coefficient (Wildman–Crippen LogP) is 2.42. The molecule has 0 amide bonds. The Kier molecular flexibility index (Phi) is 11.7. The Morgan fingerprint density at radius 2 is 1.41 bits per heavy atom. The number of carboxylic acids is 1. The van der Waals surface area contributed by atoms with Crippen LogP contribution in [-0.4, -0.2) is 139 Å². The molecule has 7 rings (SSSR count). The van der Waals surface area contributed by atoms with Crippen LogP contribution in [0.5, 0.6) is 0 Å². The van der Waals surface area contributed by atoms with Gasteiger partial charge in [0, 0.05) is 6.92 Å². The molecule has 336 valence electrons. The molecule has 0 aromatic heterocycles. The summed E-state index contributed by atoms with van der Waals surface area (Å²) in [7, 11) is 0. The number of aliphatic carboxylic acids is 1. The van der Waals surface area contributed by atoms with Gasteiger partial charge in [-0.2, -0.15) is 0 Å². The van der Waals surface area contributed by atoms with Gasteiger partial charge in [0.25, 0.3) is 0 Å². The highest BCUT2D eigenvalue weighted by molar-refractivity contribution is 5.73. The average Bonchev–Trinajstić information content (AvgIpc) is 3.13. The third-order valence-electron chi connectivity index (χ3n) is 17.5. The minimum Gasteiger partial charge on any atom is -0.479 e. The van der Waals surface area contributed by atoms with Crippen molar-refractivity contribution in [3.05, 3.63) is 11.6 Å². The van der Waals surface area contributed by atoms with Crippen molar-refractivity contribution in [3.8, 4) is 0 Å². The van der Waals surface area contributed by atoms with Gasteiger partial charge >= 0.3 is 11.9 Å². The molecule has 7 aliphatic rings. The highest BCUT2D eigenvalue weighted by Crippen LogP contribution is 2.76. The number of carbonyl (C=O) groups excluding carboxylic acids is 1. The first-order valence-corrected chi connectivity index (χ1v) is 21.7. The molecule has 0 spiro atoms. The number of ether oxygens (including phenoxy) is 5. The first kappa shape index (κ1) is 45.3. The third kappa shape index (κ3) is 6.87. The van der Waals surface area contributed by atoms with E-state index in [0.717, 1.165) is 25.7 Å². The molecule has 0 unspecified atom stereocenters. The number of allylic oxidation sites excluding steroid dienone is 2. The van der Waals surface area contributed by atoms with E-state index in [2.05, 4.69) is 54.5 Å². The van der Waals surface area contributed by atoms with E-state index in [1.807, 2.05) is 0 Å². The number of carboxylic acid groups (broad SMARTS) is 1. The molecule has 2 aliphatic heterocycles. The van der Waals surface area contributed by atoms with E-state index in [-0.39, 0.29) is 40.6 Å². The van der Waals surface area contributed by atoms with Gasteiger partial charge < -0.3 is 64.5 Å². The smallest absolute Gasteiger partial charge is 0.335 e. The van der Waals surface area contributed by atoms with Gasteiger partial charge in [-0.15, -0.1) is 0 Å². The largest absolute Gasteiger partial charge is 0.479 e. The van der Waals surface area contributed by atoms with Crippen molar-refractivity contribution in [2.24, 2.45) is 50.2 Å². The first-order chi connectivity index (χ1) is 27.3. The lowest BCUT2D eigenvalue weighted by Crippen LogP contribution is -2.70. The van der Waals surface area contributed by atoms with Crippen LogP contribution >= 0.6 is 0 Å². The molecule has 0 radical (unpaired) electrons. The lowest BCUT2D eigenvalue weighted by atomic mass is 9.33. The molecule has 0 aromatic rings. The van der Waals surface area contributed by atoms with Crippen LogP contribution in [0.15, 0.2) is 11.6 Å². The van der Waals surface area contributed by atoms with Gasteiger partial charge in [0.2, 0.25) is 0 Å². The minimum absolute atomic E-state index is 0.115. The molecule has 20 atom stereocenters. The zero-order valence-electron chi connectivity index (χ0n) is 36.1. The zero-order valence-corrected chi connectivity index (χ0v) is 36.1. The Morgan fingerprint density at radius 1 is 0.763 bits per heavy atom. The van der Waals surface area contributed by atoms with E-state index in [4.69, 9.17) is 23.7 Å². The third-order valence-corrected chi connectivity index (χ3v) is 17.5. The molecule has 15 heteroatoms. The van der Waals surface area contributed by atoms with E-state index >= 15 is 0 Å². The maximum absolute atomic E-state index is 12.8. The lowest BCUT2D eigenvalue weighted by Gasteiger charge is -2.72. The molecule has 15 nitrogen and oxygen atoms in total. The average molecular weight is 839 g/mol. The number of aliphatic hydroxyl groups is 7. The van der Waals surface area contributed by atoms with Crippen molar-refractivity contribution < 1.29 is 74.1 Å². The van der Waals surface area contributed by atoms with Crippen LogP contribution in [-0.2, 0) is 33.3 Å². The highest BCUT2D eigenvalue weighted by atomic mass is 16.7. The molecule has 8 N–H and O–H groups in total. The van der Waals surface area contributed by atoms with Crippen LogP contribution in [0.4, 0.5) is 0 Å². The van der Waals surface area contributed by atoms with Crippen molar-refractivity contribution in [2.75, 3.05) is 6.61 Å². The molecule has 0 aromatic carbocycles. The summed E-state index contributed by atoms with van der Waals surface area (Å²) in [5.74, 6) is -1.85. The van der Waals surface area contributed by atoms with E-state index in [0.29, 0.717) is 25.7 Å². The fourth-order valence-electron chi connectivity index (χ4n) is 14.1. The molecule has 2 heterocycles. The summed E-state index contributed by atoms with van der Waals surface area (Å²) in [6.07, 6.45) is -9.21. The number of carbonyl (C=O) groups is 2. The van der Waals surface area contributed by atoms with Crippen LogP contribution in [0.25, 0.3) is 0 Å². The Balaban J connectivity index is 1.21. The SMILES string of the molecule is CC(=O)O[C@H]1CC(C)(C)C[C@H]2C3=CC[C@@H]4[C@@]5(C)CC[C@H](O[C@@H]6O[C@H](C(=O)O)[C@@H](O)[C@H](O)[C@H]6O)C(C)(C)[C@@H]5CC[C@@]4(C)[C@]3(C)C[C@H](O)[C@@]12CO[C@@H]1O[C@@H](C)[C@H](O)[C@@H](O)[C@H]1O. The maximum atomic E-state index is 12.8. The fourth-order valence-corrected chi connectivity index (χ4v) is 14.1. The second-order valence-electron chi connectivity index (χ2n) is 21.6. The van der Waals surface area contributed by atoms with Gasteiger partial charge in [0.1, 0.15) is 42.7 Å². The van der Waals surface area contributed by atoms with Gasteiger partial charge in [-0.3, -0.25) is 4.79 Å². The first-order valence-electron chi connectivity index (χ1n) is 21.7. The van der Waals surface area contributed by atoms with Crippen molar-refractivity contribution in [1.29, 1.82) is 0 Å². The number of fused-ring (bicyclic) bond motifs is 7. The van der Waals surface area contributed by atoms with E-state index < -0.39 is 108 Å². The number of esters is 1. The number of hydrogen-bond acceptors (Lipinski definition) is 14. The zero-order chi connectivity index (χ0) is 43.6. The van der Waals surface area contributed by atoms with E-state index in [1.54, 1.807) is 6.92 Å². The van der Waals surface area contributed by atoms with Gasteiger partial charge in [-0.1, -0.05) is 60.1 Å². The van der Waals surface area contributed by atoms with Gasteiger partial charge in [-0.05, 0) is 103 Å². The monoisotopic (exact) mass is 838 g/mol. The Hall–Kier alpha value is -1.76. The van der Waals surface area contributed by atoms with Crippen molar-refractivity contribution in [1.82, 2.24) is 0 Å². The molecule has 2 saturated heterocycles. The van der Waals surface area contributed by atoms with E-state index in [1.165, 1.54) is 12.5 Å². The molecule has 6 fully saturated rings. The van der Waals surface area contributed by atoms with Gasteiger partial charge in [-0.25, -0.2) is 4.79 Å². The number of aliphatic hydroxyl groups excluding tert-OH is 7. The number of hydrogen-bond donors (Lipinski definition) is 8. The molecule has 4 saturated carbocycles. The molecular formula is C44H70O15. The number of rotatable bonds is 7. The Bertz CT molecular complexity index is 1650. The lowest BCUT2D eigenvalue weighted by molar-refractivity contribution is -0.325. The van der Waals surface area contributed by atoms with Crippen LogP contribution in [0.2, 0.25) is 0 Å². The summed E-state index contributed by atoms with van der Waals surface area (Å²) in [6, 6.07) is 0. The topological polar surface area (TPSA) is 242 Å². The second-order valence-corrected chi connectivity index (χ2v) is 21.6. The Morgan fingerprint density at radius 3 is 2.05 bits per heavy atom. The summed E-state index contributed by atoms with van der Waals surface area (Å²) in [6.45, 7) is 18.5. The quantitative estimate of drug-likeness (QED) is 0.104. The van der Waals surface area contributed by atoms with E-state index in [9.17, 15) is 50.4 Å². The second kappa shape index (κ2) is 15.2. The molecule has 59 heavy (non-hydrogen) atoms.